The number of hydrogen-bond donors (Lipinski definition) is 2. The lowest BCUT2D eigenvalue weighted by atomic mass is 10.0. The van der Waals surface area contributed by atoms with Crippen LogP contribution in [0.2, 0.25) is 0 Å². The van der Waals surface area contributed by atoms with Gasteiger partial charge in [-0.2, -0.15) is 0 Å². The number of hydrogen-bond acceptors (Lipinski definition) is 8. The first-order chi connectivity index (χ1) is 14.9. The number of rotatable bonds is 10. The molecule has 2 unspecified atom stereocenters. The SMILES string of the molecule is CCN(CC)/[N+]([O-])=N/OCC1=C(C(=O)O)N2C(=O)C(NC(=O)Cc3cccs3)C2SC1. The second-order valence-corrected chi connectivity index (χ2v) is 8.85. The van der Waals surface area contributed by atoms with Crippen LogP contribution in [0, 0.1) is 5.21 Å². The molecule has 1 fully saturated rings. The highest BCUT2D eigenvalue weighted by molar-refractivity contribution is 8.00. The Balaban J connectivity index is 1.65. The minimum atomic E-state index is -1.27. The molecule has 168 valence electrons. The predicted octanol–water partition coefficient (Wildman–Crippen LogP) is 1.18. The third-order valence-electron chi connectivity index (χ3n) is 4.82. The topological polar surface area (TPSA) is 138 Å². The van der Waals surface area contributed by atoms with E-state index in [1.54, 1.807) is 13.8 Å². The zero-order chi connectivity index (χ0) is 22.5. The Morgan fingerprint density at radius 3 is 2.81 bits per heavy atom. The van der Waals surface area contributed by atoms with Crippen molar-refractivity contribution >= 4 is 40.9 Å². The maximum atomic E-state index is 12.6. The van der Waals surface area contributed by atoms with Gasteiger partial charge in [-0.15, -0.1) is 28.1 Å². The number of hydrazine groups is 1. The number of thioether (sulfide) groups is 1. The third-order valence-corrected chi connectivity index (χ3v) is 7.04. The number of fused-ring (bicyclic) bond motifs is 1. The fourth-order valence-corrected chi connectivity index (χ4v) is 5.29. The van der Waals surface area contributed by atoms with E-state index in [2.05, 4.69) is 10.6 Å². The first-order valence-electron chi connectivity index (χ1n) is 9.64. The summed E-state index contributed by atoms with van der Waals surface area (Å²) in [5.74, 6) is -1.78. The van der Waals surface area contributed by atoms with Crippen molar-refractivity contribution < 1.29 is 29.3 Å². The fraction of sp³-hybridized carbons (Fsp3) is 0.500. The lowest BCUT2D eigenvalue weighted by Gasteiger charge is -2.49. The number of carbonyl (C=O) groups excluding carboxylic acids is 2. The molecule has 2 atom stereocenters. The quantitative estimate of drug-likeness (QED) is 0.226. The number of thiophene rings is 1. The van der Waals surface area contributed by atoms with Crippen LogP contribution < -0.4 is 5.32 Å². The Hall–Kier alpha value is -2.80. The summed E-state index contributed by atoms with van der Waals surface area (Å²) in [6, 6.07) is 2.90. The lowest BCUT2D eigenvalue weighted by molar-refractivity contribution is -0.709. The second-order valence-electron chi connectivity index (χ2n) is 6.72. The normalized spacial score (nSPS) is 20.8. The zero-order valence-corrected chi connectivity index (χ0v) is 18.6. The number of nitrogens with zero attached hydrogens (tertiary/aromatic N) is 4. The van der Waals surface area contributed by atoms with Gasteiger partial charge >= 0.3 is 5.97 Å². The van der Waals surface area contributed by atoms with Crippen molar-refractivity contribution in [3.05, 3.63) is 38.9 Å². The number of β-lactam (4-membered cyclic amide) rings is 1. The number of amides is 2. The van der Waals surface area contributed by atoms with Crippen LogP contribution in [0.3, 0.4) is 0 Å². The van der Waals surface area contributed by atoms with Crippen molar-refractivity contribution in [2.24, 2.45) is 5.28 Å². The van der Waals surface area contributed by atoms with E-state index in [0.29, 0.717) is 23.6 Å². The van der Waals surface area contributed by atoms with Gasteiger partial charge in [-0.3, -0.25) is 14.5 Å². The molecule has 3 heterocycles. The van der Waals surface area contributed by atoms with E-state index in [1.165, 1.54) is 28.1 Å². The molecule has 13 heteroatoms. The minimum absolute atomic E-state index is 0.166. The molecule has 0 aliphatic carbocycles. The summed E-state index contributed by atoms with van der Waals surface area (Å²) in [7, 11) is 0. The van der Waals surface area contributed by atoms with Crippen LogP contribution in [0.4, 0.5) is 0 Å². The predicted molar refractivity (Wildman–Crippen MR) is 113 cm³/mol. The molecule has 2 N–H and O–H groups in total. The molecule has 2 aliphatic rings. The average Bonchev–Trinajstić information content (AvgIpc) is 3.25. The van der Waals surface area contributed by atoms with Crippen molar-refractivity contribution in [1.82, 2.24) is 15.2 Å². The minimum Gasteiger partial charge on any atom is -0.569 e. The summed E-state index contributed by atoms with van der Waals surface area (Å²) in [5.41, 5.74) is 0.148. The highest BCUT2D eigenvalue weighted by Gasteiger charge is 2.54. The zero-order valence-electron chi connectivity index (χ0n) is 17.0. The van der Waals surface area contributed by atoms with Gasteiger partial charge in [0.15, 0.2) is 0 Å². The van der Waals surface area contributed by atoms with Crippen LogP contribution in [0.1, 0.15) is 18.7 Å². The molecule has 11 nitrogen and oxygen atoms in total. The van der Waals surface area contributed by atoms with Gasteiger partial charge in [-0.05, 0) is 25.3 Å². The largest absolute Gasteiger partial charge is 0.569 e. The Bertz CT molecular complexity index is 899. The van der Waals surface area contributed by atoms with Crippen LogP contribution >= 0.6 is 23.1 Å². The van der Waals surface area contributed by atoms with Crippen molar-refractivity contribution in [1.29, 1.82) is 0 Å². The summed E-state index contributed by atoms with van der Waals surface area (Å²) in [6.07, 6.45) is 0.166. The van der Waals surface area contributed by atoms with Gasteiger partial charge in [0.2, 0.25) is 11.2 Å². The first-order valence-corrected chi connectivity index (χ1v) is 11.6. The molecule has 0 spiro atoms. The molecule has 0 saturated carbocycles. The Morgan fingerprint density at radius 1 is 1.45 bits per heavy atom. The maximum absolute atomic E-state index is 12.6. The first kappa shape index (κ1) is 22.9. The summed E-state index contributed by atoms with van der Waals surface area (Å²) in [6.45, 7) is 4.22. The number of carbonyl (C=O) groups is 3. The molecule has 31 heavy (non-hydrogen) atoms. The highest BCUT2D eigenvalue weighted by Crippen LogP contribution is 2.40. The Morgan fingerprint density at radius 2 is 2.19 bits per heavy atom. The van der Waals surface area contributed by atoms with Crippen molar-refractivity contribution in [3.8, 4) is 0 Å². The van der Waals surface area contributed by atoms with Crippen molar-refractivity contribution in [2.75, 3.05) is 25.4 Å². The van der Waals surface area contributed by atoms with Gasteiger partial charge in [0.25, 0.3) is 5.91 Å². The summed E-state index contributed by atoms with van der Waals surface area (Å²) >= 11 is 2.77. The monoisotopic (exact) mass is 469 g/mol. The molecule has 3 rings (SSSR count). The number of aliphatic carboxylic acids is 1. The lowest BCUT2D eigenvalue weighted by Crippen LogP contribution is -2.70. The average molecular weight is 470 g/mol. The molecular weight excluding hydrogens is 446 g/mol. The Labute approximate surface area is 186 Å². The molecule has 1 saturated heterocycles. The van der Waals surface area contributed by atoms with Crippen molar-refractivity contribution in [3.63, 3.8) is 0 Å². The molecule has 2 amide bonds. The van der Waals surface area contributed by atoms with Crippen LogP contribution in [-0.2, 0) is 25.6 Å². The Kier molecular flexibility index (Phi) is 7.38. The van der Waals surface area contributed by atoms with Crippen LogP contribution in [0.15, 0.2) is 34.1 Å². The molecule has 0 radical (unpaired) electrons. The smallest absolute Gasteiger partial charge is 0.352 e. The van der Waals surface area contributed by atoms with E-state index in [1.807, 2.05) is 17.5 Å². The standard InChI is InChI=1S/C18H23N5O6S2/c1-3-21(4-2)23(28)20-29-9-11-10-31-17-14(16(25)22(17)15(11)18(26)27)19-13(24)8-12-6-5-7-30-12/h5-7,14,17H,3-4,8-10H2,1-2H3,(H,19,24)(H,26,27)/b23-20-. The van der Waals surface area contributed by atoms with E-state index >= 15 is 0 Å². The second kappa shape index (κ2) is 10.0. The molecular formula is C18H23N5O6S2. The van der Waals surface area contributed by atoms with Crippen LogP contribution in [0.5, 0.6) is 0 Å². The van der Waals surface area contributed by atoms with Gasteiger partial charge in [0.05, 0.1) is 24.5 Å². The third kappa shape index (κ3) is 4.93. The molecule has 1 aromatic heterocycles. The summed E-state index contributed by atoms with van der Waals surface area (Å²) in [5, 5.41) is 30.3. The highest BCUT2D eigenvalue weighted by atomic mass is 32.2. The fourth-order valence-electron chi connectivity index (χ4n) is 3.26. The van der Waals surface area contributed by atoms with E-state index < -0.39 is 23.3 Å². The van der Waals surface area contributed by atoms with Gasteiger partial charge in [-0.1, -0.05) is 6.07 Å². The number of carboxylic acid groups (broad SMARTS) is 1. The number of carboxylic acids is 1. The molecule has 1 aromatic rings. The van der Waals surface area contributed by atoms with Gasteiger partial charge in [0, 0.05) is 16.2 Å². The van der Waals surface area contributed by atoms with Gasteiger partial charge in [-0.25, -0.2) is 4.79 Å². The summed E-state index contributed by atoms with van der Waals surface area (Å²) < 4.78 is 0. The molecule has 0 bridgehead atoms. The molecule has 2 aliphatic heterocycles. The van der Waals surface area contributed by atoms with Crippen molar-refractivity contribution in [2.45, 2.75) is 31.7 Å². The number of nitrogens with one attached hydrogen (secondary N) is 1. The van der Waals surface area contributed by atoms with Crippen LogP contribution in [-0.4, -0.2) is 74.6 Å². The van der Waals surface area contributed by atoms with E-state index in [4.69, 9.17) is 4.84 Å². The van der Waals surface area contributed by atoms with Gasteiger partial charge in [0.1, 0.15) is 23.7 Å². The van der Waals surface area contributed by atoms with E-state index in [0.717, 1.165) is 9.78 Å². The maximum Gasteiger partial charge on any atom is 0.352 e. The molecule has 0 aromatic carbocycles. The van der Waals surface area contributed by atoms with E-state index in [9.17, 15) is 24.7 Å². The van der Waals surface area contributed by atoms with Gasteiger partial charge < -0.3 is 20.5 Å². The summed E-state index contributed by atoms with van der Waals surface area (Å²) in [4.78, 5) is 44.1. The van der Waals surface area contributed by atoms with Crippen LogP contribution in [0.25, 0.3) is 0 Å². The van der Waals surface area contributed by atoms with E-state index in [-0.39, 0.29) is 30.4 Å².